The maximum Gasteiger partial charge on any atom is 0.00960 e. The predicted octanol–water partition coefficient (Wildman–Crippen LogP) is 0.707. The van der Waals surface area contributed by atoms with Gasteiger partial charge in [0, 0.05) is 12.1 Å². The Morgan fingerprint density at radius 2 is 0.833 bits per heavy atom. The molecule has 6 rings (SSSR count). The van der Waals surface area contributed by atoms with E-state index in [-0.39, 0.29) is 0 Å². The van der Waals surface area contributed by atoms with Gasteiger partial charge in [-0.05, 0) is 49.4 Å². The Morgan fingerprint density at radius 1 is 0.583 bits per heavy atom. The molecule has 2 nitrogen and oxygen atoms in total. The second kappa shape index (κ2) is 2.24. The van der Waals surface area contributed by atoms with Crippen molar-refractivity contribution in [1.29, 1.82) is 0 Å². The third-order valence-electron chi connectivity index (χ3n) is 4.60. The first-order valence-corrected chi connectivity index (χ1v) is 5.27. The van der Waals surface area contributed by atoms with Crippen molar-refractivity contribution in [3.8, 4) is 0 Å². The lowest BCUT2D eigenvalue weighted by Gasteiger charge is -2.56. The maximum absolute atomic E-state index is 6.17. The summed E-state index contributed by atoms with van der Waals surface area (Å²) in [6.45, 7) is 0. The number of rotatable bonds is 0. The van der Waals surface area contributed by atoms with Crippen molar-refractivity contribution in [3.63, 3.8) is 0 Å². The van der Waals surface area contributed by atoms with Crippen LogP contribution in [-0.2, 0) is 0 Å². The first-order valence-electron chi connectivity index (χ1n) is 5.27. The Hall–Kier alpha value is -0.0800. The average Bonchev–Trinajstić information content (AvgIpc) is 1.76. The van der Waals surface area contributed by atoms with Gasteiger partial charge in [0.05, 0.1) is 0 Å². The Bertz CT molecular complexity index is 154. The molecule has 0 spiro atoms. The highest BCUT2D eigenvalue weighted by Crippen LogP contribution is 2.52. The summed E-state index contributed by atoms with van der Waals surface area (Å²) in [6, 6.07) is 1.04. The fourth-order valence-corrected chi connectivity index (χ4v) is 3.44. The summed E-state index contributed by atoms with van der Waals surface area (Å²) in [7, 11) is 0. The quantitative estimate of drug-likeness (QED) is 0.557. The fourth-order valence-electron chi connectivity index (χ4n) is 3.44. The lowest BCUT2D eigenvalue weighted by atomic mass is 9.52. The highest BCUT2D eigenvalue weighted by atomic mass is 14.8. The minimum Gasteiger partial charge on any atom is -0.327 e. The third-order valence-corrected chi connectivity index (χ3v) is 4.60. The molecular weight excluding hydrogens is 148 g/mol. The van der Waals surface area contributed by atoms with Gasteiger partial charge in [0.25, 0.3) is 0 Å². The van der Waals surface area contributed by atoms with E-state index in [0.29, 0.717) is 12.1 Å². The predicted molar refractivity (Wildman–Crippen MR) is 48.4 cm³/mol. The van der Waals surface area contributed by atoms with Gasteiger partial charge in [-0.25, -0.2) is 0 Å². The van der Waals surface area contributed by atoms with Gasteiger partial charge in [0.15, 0.2) is 0 Å². The van der Waals surface area contributed by atoms with Gasteiger partial charge in [0.2, 0.25) is 0 Å². The molecule has 0 saturated heterocycles. The molecule has 6 aliphatic carbocycles. The molecule has 0 unspecified atom stereocenters. The van der Waals surface area contributed by atoms with E-state index in [9.17, 15) is 0 Å². The Kier molecular flexibility index (Phi) is 1.37. The van der Waals surface area contributed by atoms with Crippen molar-refractivity contribution in [2.45, 2.75) is 37.8 Å². The molecule has 68 valence electrons. The SMILES string of the molecule is NC1C2C[C@H](C2)[C@@H](N)[C@@H]2CC1C2. The zero-order valence-electron chi connectivity index (χ0n) is 7.45. The van der Waals surface area contributed by atoms with Crippen LogP contribution in [0.25, 0.3) is 0 Å². The molecule has 6 saturated carbocycles. The number of nitrogens with two attached hydrogens (primary N) is 2. The molecule has 0 aromatic carbocycles. The van der Waals surface area contributed by atoms with E-state index in [0.717, 1.165) is 23.7 Å². The fraction of sp³-hybridized carbons (Fsp3) is 1.00. The lowest BCUT2D eigenvalue weighted by molar-refractivity contribution is -0.0171. The second-order valence-corrected chi connectivity index (χ2v) is 5.14. The smallest absolute Gasteiger partial charge is 0.00960 e. The molecule has 0 heterocycles. The summed E-state index contributed by atoms with van der Waals surface area (Å²) in [5.74, 6) is 3.30. The zero-order valence-corrected chi connectivity index (χ0v) is 7.45. The van der Waals surface area contributed by atoms with Crippen molar-refractivity contribution in [1.82, 2.24) is 0 Å². The Morgan fingerprint density at radius 3 is 1.08 bits per heavy atom. The van der Waals surface area contributed by atoms with Crippen molar-refractivity contribution < 1.29 is 0 Å². The van der Waals surface area contributed by atoms with E-state index in [1.807, 2.05) is 0 Å². The molecule has 4 bridgehead atoms. The highest BCUT2D eigenvalue weighted by molar-refractivity contribution is 5.05. The van der Waals surface area contributed by atoms with Crippen LogP contribution in [0, 0.1) is 23.7 Å². The van der Waals surface area contributed by atoms with Crippen LogP contribution in [0.1, 0.15) is 25.7 Å². The van der Waals surface area contributed by atoms with E-state index >= 15 is 0 Å². The number of hydrogen-bond acceptors (Lipinski definition) is 2. The molecule has 6 aliphatic rings. The van der Waals surface area contributed by atoms with Crippen LogP contribution in [-0.4, -0.2) is 12.1 Å². The summed E-state index contributed by atoms with van der Waals surface area (Å²) in [5.41, 5.74) is 12.3. The van der Waals surface area contributed by atoms with E-state index in [1.165, 1.54) is 25.7 Å². The van der Waals surface area contributed by atoms with Gasteiger partial charge >= 0.3 is 0 Å². The maximum atomic E-state index is 6.17. The molecule has 0 atom stereocenters. The Balaban J connectivity index is 1.81. The highest BCUT2D eigenvalue weighted by Gasteiger charge is 2.50. The van der Waals surface area contributed by atoms with Gasteiger partial charge in [-0.3, -0.25) is 0 Å². The van der Waals surface area contributed by atoms with Gasteiger partial charge in [-0.15, -0.1) is 0 Å². The van der Waals surface area contributed by atoms with Crippen molar-refractivity contribution in [2.75, 3.05) is 0 Å². The summed E-state index contributed by atoms with van der Waals surface area (Å²) < 4.78 is 0. The van der Waals surface area contributed by atoms with E-state index < -0.39 is 0 Å². The summed E-state index contributed by atoms with van der Waals surface area (Å²) in [4.78, 5) is 0. The van der Waals surface area contributed by atoms with Crippen LogP contribution in [0.3, 0.4) is 0 Å². The number of hydrogen-bond donors (Lipinski definition) is 2. The van der Waals surface area contributed by atoms with Gasteiger partial charge in [-0.2, -0.15) is 0 Å². The first-order chi connectivity index (χ1) is 5.75. The molecule has 2 heteroatoms. The molecule has 12 heavy (non-hydrogen) atoms. The van der Waals surface area contributed by atoms with Crippen LogP contribution in [0.15, 0.2) is 0 Å². The summed E-state index contributed by atoms with van der Waals surface area (Å²) >= 11 is 0. The average molecular weight is 166 g/mol. The standard InChI is InChI=1S/C10H18N2/c11-9-5-1-6(2-5)10(12)8-3-7(9)4-8/h5-10H,1-4,11-12H2/t5-,6?,7-,8?,9-,10?. The van der Waals surface area contributed by atoms with Crippen LogP contribution in [0.4, 0.5) is 0 Å². The molecule has 6 fully saturated rings. The molecule has 0 aliphatic heterocycles. The molecule has 0 aromatic heterocycles. The normalized spacial score (nSPS) is 62.5. The monoisotopic (exact) mass is 166 g/mol. The minimum atomic E-state index is 0.519. The second-order valence-electron chi connectivity index (χ2n) is 5.14. The lowest BCUT2D eigenvalue weighted by Crippen LogP contribution is -2.60. The molecule has 0 amide bonds. The minimum absolute atomic E-state index is 0.519. The molecule has 0 aromatic rings. The van der Waals surface area contributed by atoms with Crippen molar-refractivity contribution in [3.05, 3.63) is 0 Å². The van der Waals surface area contributed by atoms with Crippen LogP contribution >= 0.6 is 0 Å². The van der Waals surface area contributed by atoms with Crippen LogP contribution in [0.2, 0.25) is 0 Å². The van der Waals surface area contributed by atoms with Crippen LogP contribution < -0.4 is 11.5 Å². The van der Waals surface area contributed by atoms with E-state index in [1.54, 1.807) is 0 Å². The zero-order chi connectivity index (χ0) is 8.29. The molecule has 0 radical (unpaired) electrons. The van der Waals surface area contributed by atoms with E-state index in [4.69, 9.17) is 11.5 Å². The molecular formula is C10H18N2. The largest absolute Gasteiger partial charge is 0.327 e. The van der Waals surface area contributed by atoms with Crippen LogP contribution in [0.5, 0.6) is 0 Å². The topological polar surface area (TPSA) is 52.0 Å². The van der Waals surface area contributed by atoms with Gasteiger partial charge in [0.1, 0.15) is 0 Å². The third kappa shape index (κ3) is 0.775. The summed E-state index contributed by atoms with van der Waals surface area (Å²) in [6.07, 6.45) is 5.31. The Labute approximate surface area is 73.7 Å². The van der Waals surface area contributed by atoms with Gasteiger partial charge in [-0.1, -0.05) is 0 Å². The van der Waals surface area contributed by atoms with E-state index in [2.05, 4.69) is 0 Å². The summed E-state index contributed by atoms with van der Waals surface area (Å²) in [5, 5.41) is 0. The van der Waals surface area contributed by atoms with Crippen molar-refractivity contribution in [2.24, 2.45) is 35.1 Å². The van der Waals surface area contributed by atoms with Gasteiger partial charge < -0.3 is 11.5 Å². The van der Waals surface area contributed by atoms with Crippen molar-refractivity contribution >= 4 is 0 Å². The molecule has 4 N–H and O–H groups in total. The first kappa shape index (κ1) is 7.34.